The summed E-state index contributed by atoms with van der Waals surface area (Å²) in [5.41, 5.74) is 7.03. The van der Waals surface area contributed by atoms with E-state index in [0.29, 0.717) is 0 Å². The Kier molecular flexibility index (Phi) is 5.55. The van der Waals surface area contributed by atoms with Gasteiger partial charge in [0.25, 0.3) is 0 Å². The lowest BCUT2D eigenvalue weighted by atomic mass is 9.83. The van der Waals surface area contributed by atoms with Gasteiger partial charge in [-0.3, -0.25) is 5.84 Å². The van der Waals surface area contributed by atoms with Crippen molar-refractivity contribution in [2.75, 3.05) is 0 Å². The van der Waals surface area contributed by atoms with Crippen LogP contribution in [0.2, 0.25) is 5.02 Å². The molecule has 0 aliphatic heterocycles. The highest BCUT2D eigenvalue weighted by Gasteiger charge is 2.38. The van der Waals surface area contributed by atoms with Crippen LogP contribution >= 0.6 is 11.6 Å². The molecule has 0 aliphatic carbocycles. The Morgan fingerprint density at radius 2 is 1.96 bits per heavy atom. The van der Waals surface area contributed by atoms with E-state index in [1.54, 1.807) is 13.8 Å². The van der Waals surface area contributed by atoms with Crippen molar-refractivity contribution in [1.29, 1.82) is 0 Å². The number of pyridine rings is 1. The highest BCUT2D eigenvalue weighted by molar-refractivity contribution is 6.36. The van der Waals surface area contributed by atoms with E-state index in [-0.39, 0.29) is 33.2 Å². The van der Waals surface area contributed by atoms with Crippen LogP contribution < -0.4 is 21.7 Å². The summed E-state index contributed by atoms with van der Waals surface area (Å²) in [6.45, 7) is 3.46. The first-order valence-corrected chi connectivity index (χ1v) is 7.88. The van der Waals surface area contributed by atoms with Crippen LogP contribution in [0, 0.1) is 5.92 Å². The van der Waals surface area contributed by atoms with Gasteiger partial charge in [0.15, 0.2) is 0 Å². The molecule has 10 heteroatoms. The monoisotopic (exact) mass is 390 g/mol. The fraction of sp³-hybridized carbons (Fsp3) is 0.312. The molecule has 142 valence electrons. The number of hydrogen-bond acceptors (Lipinski definition) is 6. The van der Waals surface area contributed by atoms with Gasteiger partial charge in [-0.05, 0) is 30.2 Å². The van der Waals surface area contributed by atoms with E-state index in [4.69, 9.17) is 23.2 Å². The number of hydrogen-bond donors (Lipinski definition) is 4. The first-order chi connectivity index (χ1) is 12.0. The first-order valence-electron chi connectivity index (χ1n) is 7.50. The highest BCUT2D eigenvalue weighted by Crippen LogP contribution is 2.38. The number of aliphatic hydroxyl groups is 1. The van der Waals surface area contributed by atoms with E-state index in [0.717, 1.165) is 6.07 Å². The zero-order chi connectivity index (χ0) is 19.7. The van der Waals surface area contributed by atoms with Crippen LogP contribution in [0.3, 0.4) is 0 Å². The minimum atomic E-state index is -4.86. The van der Waals surface area contributed by atoms with E-state index in [2.05, 4.69) is 15.1 Å². The van der Waals surface area contributed by atoms with E-state index in [1.165, 1.54) is 24.4 Å². The summed E-state index contributed by atoms with van der Waals surface area (Å²) in [4.78, 5) is 4.31. The third kappa shape index (κ3) is 3.79. The average Bonchev–Trinajstić information content (AvgIpc) is 2.55. The van der Waals surface area contributed by atoms with Gasteiger partial charge in [0.1, 0.15) is 11.4 Å². The molecular formula is C16H18ClF3N4O2. The number of hydrazine groups is 1. The Morgan fingerprint density at radius 3 is 2.50 bits per heavy atom. The highest BCUT2D eigenvalue weighted by atomic mass is 35.5. The zero-order valence-corrected chi connectivity index (χ0v) is 14.7. The first kappa shape index (κ1) is 20.1. The lowest BCUT2D eigenvalue weighted by molar-refractivity contribution is -0.274. The van der Waals surface area contributed by atoms with Gasteiger partial charge in [0.05, 0.1) is 21.9 Å². The maximum absolute atomic E-state index is 12.4. The minimum absolute atomic E-state index is 0.0324. The molecule has 0 aliphatic rings. The van der Waals surface area contributed by atoms with Gasteiger partial charge in [-0.15, -0.1) is 13.2 Å². The smallest absolute Gasteiger partial charge is 0.404 e. The van der Waals surface area contributed by atoms with Crippen LogP contribution in [0.15, 0.2) is 36.2 Å². The molecule has 1 aromatic carbocycles. The number of alkyl halides is 3. The summed E-state index contributed by atoms with van der Waals surface area (Å²) in [6.07, 6.45) is -3.63. The fourth-order valence-electron chi connectivity index (χ4n) is 2.54. The Labute approximate surface area is 152 Å². The molecule has 6 N–H and O–H groups in total. The molecule has 0 radical (unpaired) electrons. The van der Waals surface area contributed by atoms with Gasteiger partial charge >= 0.3 is 6.36 Å². The molecule has 0 amide bonds. The molecule has 0 spiro atoms. The normalized spacial score (nSPS) is 15.2. The van der Waals surface area contributed by atoms with Crippen molar-refractivity contribution in [3.63, 3.8) is 0 Å². The number of aromatic nitrogens is 1. The Bertz CT molecular complexity index is 842. The number of halogens is 4. The molecule has 0 saturated carbocycles. The van der Waals surface area contributed by atoms with E-state index < -0.39 is 17.7 Å². The lowest BCUT2D eigenvalue weighted by Crippen LogP contribution is -2.40. The summed E-state index contributed by atoms with van der Waals surface area (Å²) in [5, 5.41) is 11.0. The van der Waals surface area contributed by atoms with Crippen molar-refractivity contribution < 1.29 is 23.0 Å². The third-order valence-corrected chi connectivity index (χ3v) is 4.29. The number of nitrogens with zero attached hydrogens (tertiary/aromatic N) is 1. The standard InChI is InChI=1S/C16H18ClF3N4O2/c1-8(2)15(25,12(21)7-23-22)13-6-3-9-10(24-13)4-5-11(14(9)17)26-16(18,19)20/h3-8,23,25H,21-22H2,1-2H3/b12-7-. The second kappa shape index (κ2) is 7.18. The van der Waals surface area contributed by atoms with Crippen molar-refractivity contribution in [3.05, 3.63) is 46.9 Å². The lowest BCUT2D eigenvalue weighted by Gasteiger charge is -2.32. The van der Waals surface area contributed by atoms with Gasteiger partial charge in [-0.1, -0.05) is 25.4 Å². The Balaban J connectivity index is 2.59. The van der Waals surface area contributed by atoms with Crippen LogP contribution in [0.5, 0.6) is 5.75 Å². The minimum Gasteiger partial charge on any atom is -0.404 e. The summed E-state index contributed by atoms with van der Waals surface area (Å²) in [7, 11) is 0. The molecule has 1 heterocycles. The van der Waals surface area contributed by atoms with Crippen LogP contribution in [0.1, 0.15) is 19.5 Å². The van der Waals surface area contributed by atoms with E-state index in [9.17, 15) is 18.3 Å². The number of rotatable bonds is 5. The van der Waals surface area contributed by atoms with Crippen molar-refractivity contribution in [1.82, 2.24) is 10.4 Å². The van der Waals surface area contributed by atoms with Crippen LogP contribution in [-0.2, 0) is 5.60 Å². The fourth-order valence-corrected chi connectivity index (χ4v) is 2.80. The quantitative estimate of drug-likeness (QED) is 0.462. The number of fused-ring (bicyclic) bond motifs is 1. The molecule has 1 aromatic heterocycles. The number of ether oxygens (including phenoxy) is 1. The molecule has 1 atom stereocenters. The zero-order valence-electron chi connectivity index (χ0n) is 13.9. The molecule has 2 aromatic rings. The van der Waals surface area contributed by atoms with Crippen LogP contribution in [0.4, 0.5) is 13.2 Å². The predicted molar refractivity (Wildman–Crippen MR) is 91.8 cm³/mol. The maximum atomic E-state index is 12.4. The summed E-state index contributed by atoms with van der Waals surface area (Å²) < 4.78 is 41.2. The van der Waals surface area contributed by atoms with Crippen LogP contribution in [-0.4, -0.2) is 16.5 Å². The topological polar surface area (TPSA) is 106 Å². The summed E-state index contributed by atoms with van der Waals surface area (Å²) in [6, 6.07) is 5.25. The molecule has 0 saturated heterocycles. The maximum Gasteiger partial charge on any atom is 0.573 e. The second-order valence-electron chi connectivity index (χ2n) is 5.88. The molecule has 6 nitrogen and oxygen atoms in total. The molecule has 0 fully saturated rings. The largest absolute Gasteiger partial charge is 0.573 e. The SMILES string of the molecule is CC(C)C(O)(/C(N)=C/NN)c1ccc2c(Cl)c(OC(F)(F)F)ccc2n1. The van der Waals surface area contributed by atoms with E-state index >= 15 is 0 Å². The van der Waals surface area contributed by atoms with Gasteiger partial charge in [0, 0.05) is 11.6 Å². The number of benzene rings is 1. The van der Waals surface area contributed by atoms with Crippen molar-refractivity contribution in [3.8, 4) is 5.75 Å². The Hall–Kier alpha value is -2.23. The Morgan fingerprint density at radius 1 is 1.31 bits per heavy atom. The number of nitrogens with one attached hydrogen (secondary N) is 1. The second-order valence-corrected chi connectivity index (χ2v) is 6.25. The molecular weight excluding hydrogens is 373 g/mol. The summed E-state index contributed by atoms with van der Waals surface area (Å²) >= 11 is 6.00. The van der Waals surface area contributed by atoms with Crippen molar-refractivity contribution in [2.24, 2.45) is 17.5 Å². The van der Waals surface area contributed by atoms with Gasteiger partial charge in [-0.2, -0.15) is 0 Å². The van der Waals surface area contributed by atoms with Crippen molar-refractivity contribution >= 4 is 22.5 Å². The van der Waals surface area contributed by atoms with Crippen molar-refractivity contribution in [2.45, 2.75) is 25.8 Å². The van der Waals surface area contributed by atoms with E-state index in [1.807, 2.05) is 0 Å². The predicted octanol–water partition coefficient (Wildman–Crippen LogP) is 2.89. The van der Waals surface area contributed by atoms with Gasteiger partial charge in [0.2, 0.25) is 0 Å². The van der Waals surface area contributed by atoms with Gasteiger partial charge in [-0.25, -0.2) is 4.98 Å². The summed E-state index contributed by atoms with van der Waals surface area (Å²) in [5.74, 6) is 4.31. The van der Waals surface area contributed by atoms with Crippen LogP contribution in [0.25, 0.3) is 10.9 Å². The average molecular weight is 391 g/mol. The molecule has 1 unspecified atom stereocenters. The number of nitrogens with two attached hydrogens (primary N) is 2. The van der Waals surface area contributed by atoms with Gasteiger partial charge < -0.3 is 21.0 Å². The molecule has 0 bridgehead atoms. The third-order valence-electron chi connectivity index (χ3n) is 3.90. The molecule has 26 heavy (non-hydrogen) atoms. The molecule has 2 rings (SSSR count).